The first-order valence-electron chi connectivity index (χ1n) is 8.94. The van der Waals surface area contributed by atoms with E-state index in [4.69, 9.17) is 9.79 Å². The summed E-state index contributed by atoms with van der Waals surface area (Å²) >= 11 is 0. The Kier molecular flexibility index (Phi) is 7.07. The van der Waals surface area contributed by atoms with Gasteiger partial charge in [0.1, 0.15) is 12.1 Å². The Morgan fingerprint density at radius 2 is 1.70 bits per heavy atom. The molecule has 0 aliphatic rings. The van der Waals surface area contributed by atoms with Gasteiger partial charge in [-0.15, -0.1) is 5.10 Å². The fourth-order valence-corrected chi connectivity index (χ4v) is 3.18. The summed E-state index contributed by atoms with van der Waals surface area (Å²) in [5, 5.41) is 9.19. The van der Waals surface area contributed by atoms with Crippen molar-refractivity contribution in [3.63, 3.8) is 0 Å². The Morgan fingerprint density at radius 3 is 2.21 bits per heavy atom. The van der Waals surface area contributed by atoms with Crippen molar-refractivity contribution in [3.8, 4) is 16.9 Å². The van der Waals surface area contributed by atoms with Crippen LogP contribution in [0.2, 0.25) is 0 Å². The highest BCUT2D eigenvalue weighted by atomic mass is 31.2. The van der Waals surface area contributed by atoms with E-state index in [-0.39, 0.29) is 16.1 Å². The fraction of sp³-hybridized carbons (Fsp3) is 0.294. The lowest BCUT2D eigenvalue weighted by molar-refractivity contribution is -0.175. The van der Waals surface area contributed by atoms with Gasteiger partial charge in [-0.05, 0) is 34.2 Å². The number of rotatable bonds is 9. The summed E-state index contributed by atoms with van der Waals surface area (Å²) in [6.07, 6.45) is -5.67. The summed E-state index contributed by atoms with van der Waals surface area (Å²) < 4.78 is 86.0. The Balaban J connectivity index is 1.74. The van der Waals surface area contributed by atoms with Gasteiger partial charge in [0, 0.05) is 23.9 Å². The molecule has 3 rings (SSSR count). The molecule has 0 saturated heterocycles. The molecular formula is C17H15F5N5O5P. The fourth-order valence-electron chi connectivity index (χ4n) is 2.65. The summed E-state index contributed by atoms with van der Waals surface area (Å²) in [4.78, 5) is 22.1. The molecule has 0 aliphatic carbocycles. The van der Waals surface area contributed by atoms with Gasteiger partial charge in [0.2, 0.25) is 0 Å². The maximum absolute atomic E-state index is 14.6. The zero-order valence-electron chi connectivity index (χ0n) is 16.3. The molecule has 16 heteroatoms. The Bertz CT molecular complexity index is 1090. The minimum absolute atomic E-state index is 0.00270. The monoisotopic (exact) mass is 495 g/mol. The maximum atomic E-state index is 14.6. The molecular weight excluding hydrogens is 480 g/mol. The summed E-state index contributed by atoms with van der Waals surface area (Å²) in [6.45, 7) is -1.43. The first-order valence-corrected chi connectivity index (χ1v) is 10.5. The Morgan fingerprint density at radius 1 is 1.03 bits per heavy atom. The zero-order valence-corrected chi connectivity index (χ0v) is 17.2. The molecule has 33 heavy (non-hydrogen) atoms. The van der Waals surface area contributed by atoms with E-state index >= 15 is 0 Å². The lowest BCUT2D eigenvalue weighted by atomic mass is 10.1. The SMILES string of the molecule is O=P(O)(O)OC(Cc1ccc(-c2ccc(OCC(F)(F)F)cc2)cn1)C(F)(F)n1cnnn1. The third kappa shape index (κ3) is 6.99. The number of hydrogen-bond donors (Lipinski definition) is 2. The first kappa shape index (κ1) is 24.6. The van der Waals surface area contributed by atoms with Crippen molar-refractivity contribution in [2.75, 3.05) is 6.61 Å². The third-order valence-corrected chi connectivity index (χ3v) is 4.64. The molecule has 10 nitrogen and oxygen atoms in total. The van der Waals surface area contributed by atoms with E-state index in [9.17, 15) is 26.5 Å². The van der Waals surface area contributed by atoms with Gasteiger partial charge in [0.05, 0.1) is 0 Å². The number of pyridine rings is 1. The van der Waals surface area contributed by atoms with Crippen LogP contribution in [0.5, 0.6) is 5.75 Å². The second-order valence-corrected chi connectivity index (χ2v) is 7.79. The van der Waals surface area contributed by atoms with E-state index in [0.29, 0.717) is 17.5 Å². The topological polar surface area (TPSA) is 132 Å². The average molecular weight is 495 g/mol. The van der Waals surface area contributed by atoms with Crippen LogP contribution < -0.4 is 4.74 Å². The molecule has 1 atom stereocenters. The summed E-state index contributed by atoms with van der Waals surface area (Å²) in [7, 11) is -5.31. The predicted octanol–water partition coefficient (Wildman–Crippen LogP) is 2.95. The van der Waals surface area contributed by atoms with E-state index in [2.05, 4.69) is 29.8 Å². The van der Waals surface area contributed by atoms with Crippen molar-refractivity contribution in [1.29, 1.82) is 0 Å². The molecule has 1 aromatic carbocycles. The number of tetrazole rings is 1. The van der Waals surface area contributed by atoms with Crippen molar-refractivity contribution < 1.29 is 45.6 Å². The molecule has 0 amide bonds. The Hall–Kier alpha value is -3.00. The summed E-state index contributed by atoms with van der Waals surface area (Å²) in [6, 6.07) is 4.41. The van der Waals surface area contributed by atoms with Crippen LogP contribution in [0.3, 0.4) is 0 Å². The summed E-state index contributed by atoms with van der Waals surface area (Å²) in [5.74, 6) is 0.00270. The number of alkyl halides is 5. The molecule has 0 bridgehead atoms. The van der Waals surface area contributed by atoms with Crippen LogP contribution in [0.15, 0.2) is 48.9 Å². The lowest BCUT2D eigenvalue weighted by Gasteiger charge is -2.26. The molecule has 178 valence electrons. The molecule has 0 fully saturated rings. The smallest absolute Gasteiger partial charge is 0.470 e. The maximum Gasteiger partial charge on any atom is 0.470 e. The molecule has 2 N–H and O–H groups in total. The molecule has 0 saturated carbocycles. The van der Waals surface area contributed by atoms with Gasteiger partial charge >= 0.3 is 20.0 Å². The van der Waals surface area contributed by atoms with E-state index in [1.807, 2.05) is 0 Å². The number of benzene rings is 1. The normalized spacial score (nSPS) is 13.7. The van der Waals surface area contributed by atoms with E-state index in [0.717, 1.165) is 0 Å². The van der Waals surface area contributed by atoms with Crippen molar-refractivity contribution in [2.45, 2.75) is 24.7 Å². The molecule has 0 aliphatic heterocycles. The van der Waals surface area contributed by atoms with E-state index in [1.54, 1.807) is 0 Å². The molecule has 0 radical (unpaired) electrons. The highest BCUT2D eigenvalue weighted by molar-refractivity contribution is 7.46. The van der Waals surface area contributed by atoms with E-state index in [1.165, 1.54) is 42.6 Å². The van der Waals surface area contributed by atoms with Crippen LogP contribution in [0, 0.1) is 0 Å². The van der Waals surface area contributed by atoms with Crippen LogP contribution in [0.25, 0.3) is 11.1 Å². The van der Waals surface area contributed by atoms with Gasteiger partial charge in [-0.25, -0.2) is 4.57 Å². The standard InChI is InChI=1S/C17H15F5N5O5P/c18-16(19,20)9-31-14-5-2-11(3-6-14)12-1-4-13(23-8-12)7-15(32-33(28,29)30)17(21,22)27-10-24-25-26-27/h1-6,8,10,15H,7,9H2,(H2,28,29,30). The van der Waals surface area contributed by atoms with Crippen LogP contribution in [0.4, 0.5) is 22.0 Å². The highest BCUT2D eigenvalue weighted by Crippen LogP contribution is 2.43. The van der Waals surface area contributed by atoms with Gasteiger partial charge in [-0.3, -0.25) is 9.51 Å². The quantitative estimate of drug-likeness (QED) is 0.340. The van der Waals surface area contributed by atoms with Crippen molar-refractivity contribution in [3.05, 3.63) is 54.6 Å². The number of hydrogen-bond acceptors (Lipinski definition) is 7. The van der Waals surface area contributed by atoms with Gasteiger partial charge in [0.25, 0.3) is 0 Å². The molecule has 2 aromatic heterocycles. The van der Waals surface area contributed by atoms with E-state index < -0.39 is 39.2 Å². The minimum atomic E-state index is -5.31. The molecule has 1 unspecified atom stereocenters. The minimum Gasteiger partial charge on any atom is -0.484 e. The number of nitrogens with zero attached hydrogens (tertiary/aromatic N) is 5. The molecule has 3 aromatic rings. The van der Waals surface area contributed by atoms with Gasteiger partial charge in [0.15, 0.2) is 12.7 Å². The number of phosphoric acid groups is 1. The van der Waals surface area contributed by atoms with Gasteiger partial charge in [-0.1, -0.05) is 18.2 Å². The Labute approximate surface area is 182 Å². The van der Waals surface area contributed by atoms with Crippen molar-refractivity contribution >= 4 is 7.82 Å². The van der Waals surface area contributed by atoms with Gasteiger partial charge < -0.3 is 14.5 Å². The highest BCUT2D eigenvalue weighted by Gasteiger charge is 2.47. The number of ether oxygens (including phenoxy) is 1. The zero-order chi connectivity index (χ0) is 24.3. The van der Waals surface area contributed by atoms with Crippen LogP contribution in [0.1, 0.15) is 5.69 Å². The largest absolute Gasteiger partial charge is 0.484 e. The summed E-state index contributed by atoms with van der Waals surface area (Å²) in [5.41, 5.74) is 1.06. The number of phosphoric ester groups is 1. The van der Waals surface area contributed by atoms with Crippen LogP contribution in [-0.4, -0.2) is 53.9 Å². The first-order chi connectivity index (χ1) is 15.3. The van der Waals surface area contributed by atoms with Crippen LogP contribution >= 0.6 is 7.82 Å². The van der Waals surface area contributed by atoms with Crippen molar-refractivity contribution in [1.82, 2.24) is 25.2 Å². The number of halogens is 5. The number of aromatic nitrogens is 5. The average Bonchev–Trinajstić information content (AvgIpc) is 3.27. The molecule has 0 spiro atoms. The third-order valence-electron chi connectivity index (χ3n) is 4.12. The van der Waals surface area contributed by atoms with Crippen molar-refractivity contribution in [2.24, 2.45) is 0 Å². The van der Waals surface area contributed by atoms with Gasteiger partial charge in [-0.2, -0.15) is 26.6 Å². The second-order valence-electron chi connectivity index (χ2n) is 6.60. The molecule has 2 heterocycles. The lowest BCUT2D eigenvalue weighted by Crippen LogP contribution is -2.40. The predicted molar refractivity (Wildman–Crippen MR) is 99.9 cm³/mol. The van der Waals surface area contributed by atoms with Crippen LogP contribution in [-0.2, 0) is 21.6 Å². The second kappa shape index (κ2) is 9.47.